The highest BCUT2D eigenvalue weighted by molar-refractivity contribution is 7.99. The lowest BCUT2D eigenvalue weighted by Crippen LogP contribution is -2.16. The highest BCUT2D eigenvalue weighted by Gasteiger charge is 2.21. The van der Waals surface area contributed by atoms with Gasteiger partial charge in [0.1, 0.15) is 11.6 Å². The van der Waals surface area contributed by atoms with Gasteiger partial charge in [0.2, 0.25) is 5.91 Å². The van der Waals surface area contributed by atoms with Crippen molar-refractivity contribution in [2.24, 2.45) is 0 Å². The predicted molar refractivity (Wildman–Crippen MR) is 132 cm³/mol. The number of amides is 1. The van der Waals surface area contributed by atoms with Gasteiger partial charge in [-0.05, 0) is 68.8 Å². The fourth-order valence-electron chi connectivity index (χ4n) is 3.50. The zero-order chi connectivity index (χ0) is 24.1. The summed E-state index contributed by atoms with van der Waals surface area (Å²) in [5, 5.41) is 12.2. The molecule has 1 N–H and O–H groups in total. The maximum Gasteiger partial charge on any atom is 0.234 e. The summed E-state index contributed by atoms with van der Waals surface area (Å²) in [6.07, 6.45) is -0.462. The van der Waals surface area contributed by atoms with Crippen LogP contribution in [0.2, 0.25) is 0 Å². The first-order valence-corrected chi connectivity index (χ1v) is 11.8. The van der Waals surface area contributed by atoms with Crippen molar-refractivity contribution in [2.75, 3.05) is 11.1 Å². The number of halogens is 1. The van der Waals surface area contributed by atoms with Gasteiger partial charge >= 0.3 is 0 Å². The molecule has 6 nitrogen and oxygen atoms in total. The Hall–Kier alpha value is -3.65. The van der Waals surface area contributed by atoms with E-state index in [1.165, 1.54) is 23.9 Å². The van der Waals surface area contributed by atoms with Crippen LogP contribution in [0.4, 0.5) is 10.1 Å². The summed E-state index contributed by atoms with van der Waals surface area (Å²) in [5.74, 6) is 0.819. The second-order valence-electron chi connectivity index (χ2n) is 7.88. The van der Waals surface area contributed by atoms with Crippen molar-refractivity contribution in [3.63, 3.8) is 0 Å². The van der Waals surface area contributed by atoms with Crippen LogP contribution in [0.1, 0.15) is 30.0 Å². The zero-order valence-corrected chi connectivity index (χ0v) is 20.0. The number of nitrogens with zero attached hydrogens (tertiary/aromatic N) is 3. The molecule has 1 aromatic heterocycles. The minimum atomic E-state index is -0.462. The van der Waals surface area contributed by atoms with Crippen molar-refractivity contribution in [3.05, 3.63) is 95.6 Å². The van der Waals surface area contributed by atoms with Crippen molar-refractivity contribution in [1.82, 2.24) is 14.8 Å². The molecule has 0 radical (unpaired) electrons. The molecule has 1 atom stereocenters. The lowest BCUT2D eigenvalue weighted by molar-refractivity contribution is -0.113. The van der Waals surface area contributed by atoms with Crippen LogP contribution in [-0.4, -0.2) is 26.4 Å². The van der Waals surface area contributed by atoms with Crippen molar-refractivity contribution in [3.8, 4) is 11.4 Å². The summed E-state index contributed by atoms with van der Waals surface area (Å²) in [4.78, 5) is 12.6. The Kier molecular flexibility index (Phi) is 7.27. The van der Waals surface area contributed by atoms with Gasteiger partial charge in [-0.25, -0.2) is 4.39 Å². The highest BCUT2D eigenvalue weighted by atomic mass is 32.2. The average Bonchev–Trinajstić information content (AvgIpc) is 3.26. The van der Waals surface area contributed by atoms with Crippen LogP contribution in [0.5, 0.6) is 5.75 Å². The first kappa shape index (κ1) is 23.5. The van der Waals surface area contributed by atoms with Gasteiger partial charge in [-0.15, -0.1) is 10.2 Å². The number of carbonyl (C=O) groups excluding carboxylic acids is 1. The number of hydrogen-bond donors (Lipinski definition) is 1. The summed E-state index contributed by atoms with van der Waals surface area (Å²) in [6, 6.07) is 21.4. The van der Waals surface area contributed by atoms with Crippen LogP contribution in [0.3, 0.4) is 0 Å². The van der Waals surface area contributed by atoms with Gasteiger partial charge in [-0.2, -0.15) is 0 Å². The van der Waals surface area contributed by atoms with E-state index in [0.717, 1.165) is 22.5 Å². The molecule has 0 bridgehead atoms. The molecule has 4 rings (SSSR count). The molecule has 0 aliphatic carbocycles. The van der Waals surface area contributed by atoms with Crippen molar-refractivity contribution in [2.45, 2.75) is 32.0 Å². The van der Waals surface area contributed by atoms with Gasteiger partial charge < -0.3 is 10.1 Å². The molecule has 4 aromatic rings. The number of carbonyl (C=O) groups is 1. The van der Waals surface area contributed by atoms with E-state index in [-0.39, 0.29) is 17.5 Å². The third-order valence-electron chi connectivity index (χ3n) is 5.15. The van der Waals surface area contributed by atoms with E-state index in [0.29, 0.717) is 16.7 Å². The number of rotatable bonds is 8. The van der Waals surface area contributed by atoms with E-state index in [9.17, 15) is 9.18 Å². The van der Waals surface area contributed by atoms with E-state index >= 15 is 0 Å². The summed E-state index contributed by atoms with van der Waals surface area (Å²) >= 11 is 1.30. The van der Waals surface area contributed by atoms with Crippen molar-refractivity contribution in [1.29, 1.82) is 0 Å². The molecule has 0 aliphatic heterocycles. The number of aryl methyl sites for hydroxylation is 2. The molecule has 0 saturated heterocycles. The number of thioether (sulfide) groups is 1. The maximum atomic E-state index is 13.2. The second-order valence-corrected chi connectivity index (χ2v) is 8.82. The molecule has 8 heteroatoms. The van der Waals surface area contributed by atoms with Gasteiger partial charge in [0.05, 0.1) is 5.75 Å². The largest absolute Gasteiger partial charge is 0.483 e. The molecule has 174 valence electrons. The fraction of sp³-hybridized carbons (Fsp3) is 0.192. The van der Waals surface area contributed by atoms with Crippen molar-refractivity contribution < 1.29 is 13.9 Å². The molecule has 0 aliphatic rings. The van der Waals surface area contributed by atoms with E-state index in [1.807, 2.05) is 73.9 Å². The Morgan fingerprint density at radius 1 is 1.06 bits per heavy atom. The Morgan fingerprint density at radius 2 is 1.79 bits per heavy atom. The van der Waals surface area contributed by atoms with Crippen LogP contribution in [0, 0.1) is 19.7 Å². The smallest absolute Gasteiger partial charge is 0.234 e. The Labute approximate surface area is 202 Å². The van der Waals surface area contributed by atoms with Gasteiger partial charge in [0.15, 0.2) is 17.1 Å². The lowest BCUT2D eigenvalue weighted by Gasteiger charge is -2.16. The van der Waals surface area contributed by atoms with Crippen LogP contribution < -0.4 is 10.1 Å². The van der Waals surface area contributed by atoms with Gasteiger partial charge in [-0.1, -0.05) is 47.7 Å². The van der Waals surface area contributed by atoms with Crippen LogP contribution in [-0.2, 0) is 4.79 Å². The number of para-hydroxylation sites is 1. The molecule has 1 heterocycles. The van der Waals surface area contributed by atoms with E-state index in [4.69, 9.17) is 4.74 Å². The van der Waals surface area contributed by atoms with Gasteiger partial charge in [0.25, 0.3) is 0 Å². The van der Waals surface area contributed by atoms with E-state index in [1.54, 1.807) is 12.1 Å². The third kappa shape index (κ3) is 5.63. The average molecular weight is 477 g/mol. The summed E-state index contributed by atoms with van der Waals surface area (Å²) in [7, 11) is 0. The number of anilines is 1. The van der Waals surface area contributed by atoms with Crippen LogP contribution in [0.15, 0.2) is 78.0 Å². The van der Waals surface area contributed by atoms with Crippen LogP contribution >= 0.6 is 11.8 Å². The third-order valence-corrected chi connectivity index (χ3v) is 6.08. The SMILES string of the molecule is Cc1ccc(NC(=O)CSc2nnc(C(C)Oc3ccc(F)cc3)n2-c2ccccc2)c(C)c1. The van der Waals surface area contributed by atoms with Crippen LogP contribution in [0.25, 0.3) is 5.69 Å². The number of benzene rings is 3. The summed E-state index contributed by atoms with van der Waals surface area (Å²) in [5.41, 5.74) is 3.81. The minimum Gasteiger partial charge on any atom is -0.483 e. The zero-order valence-electron chi connectivity index (χ0n) is 19.2. The molecule has 1 amide bonds. The highest BCUT2D eigenvalue weighted by Crippen LogP contribution is 2.28. The normalized spacial score (nSPS) is 11.8. The Bertz CT molecular complexity index is 1280. The van der Waals surface area contributed by atoms with E-state index in [2.05, 4.69) is 15.5 Å². The first-order chi connectivity index (χ1) is 16.4. The number of ether oxygens (including phenoxy) is 1. The maximum absolute atomic E-state index is 13.2. The molecule has 0 fully saturated rings. The number of nitrogens with one attached hydrogen (secondary N) is 1. The fourth-order valence-corrected chi connectivity index (χ4v) is 4.26. The summed E-state index contributed by atoms with van der Waals surface area (Å²) in [6.45, 7) is 5.84. The summed E-state index contributed by atoms with van der Waals surface area (Å²) < 4.78 is 21.1. The molecule has 3 aromatic carbocycles. The number of hydrogen-bond acceptors (Lipinski definition) is 5. The van der Waals surface area contributed by atoms with Crippen molar-refractivity contribution >= 4 is 23.4 Å². The number of aromatic nitrogens is 3. The van der Waals surface area contributed by atoms with Gasteiger partial charge in [-0.3, -0.25) is 9.36 Å². The molecule has 1 unspecified atom stereocenters. The molecule has 0 saturated carbocycles. The van der Waals surface area contributed by atoms with E-state index < -0.39 is 6.10 Å². The monoisotopic (exact) mass is 476 g/mol. The molecular formula is C26H25FN4O2S. The Morgan fingerprint density at radius 3 is 2.50 bits per heavy atom. The molecular weight excluding hydrogens is 451 g/mol. The molecule has 0 spiro atoms. The second kappa shape index (κ2) is 10.5. The first-order valence-electron chi connectivity index (χ1n) is 10.8. The predicted octanol–water partition coefficient (Wildman–Crippen LogP) is 5.89. The Balaban J connectivity index is 1.53. The quantitative estimate of drug-likeness (QED) is 0.321. The topological polar surface area (TPSA) is 69.0 Å². The minimum absolute atomic E-state index is 0.128. The standard InChI is InChI=1S/C26H25FN4O2S/c1-17-9-14-23(18(2)15-17)28-24(32)16-34-26-30-29-25(31(26)21-7-5-4-6-8-21)19(3)33-22-12-10-20(27)11-13-22/h4-15,19H,16H2,1-3H3,(H,28,32). The molecule has 34 heavy (non-hydrogen) atoms. The van der Waals surface area contributed by atoms with Gasteiger partial charge in [0, 0.05) is 11.4 Å². The lowest BCUT2D eigenvalue weighted by atomic mass is 10.1.